The van der Waals surface area contributed by atoms with Crippen LogP contribution in [0.4, 0.5) is 4.79 Å². The van der Waals surface area contributed by atoms with E-state index in [-0.39, 0.29) is 23.2 Å². The van der Waals surface area contributed by atoms with Crippen molar-refractivity contribution in [3.8, 4) is 0 Å². The topological polar surface area (TPSA) is 66.4 Å². The molecule has 2 saturated heterocycles. The van der Waals surface area contributed by atoms with Crippen LogP contribution in [0.25, 0.3) is 0 Å². The molecular formula is C16H31N2O3+. The summed E-state index contributed by atoms with van der Waals surface area (Å²) in [6, 6.07) is -0.00382. The zero-order valence-corrected chi connectivity index (χ0v) is 14.5. The van der Waals surface area contributed by atoms with E-state index in [1.54, 1.807) is 11.8 Å². The second-order valence-electron chi connectivity index (χ2n) is 8.53. The van der Waals surface area contributed by atoms with Gasteiger partial charge in [0, 0.05) is 18.9 Å². The maximum atomic E-state index is 12.4. The number of carbonyl (C=O) groups excluding carboxylic acids is 1. The van der Waals surface area contributed by atoms with E-state index in [2.05, 4.69) is 33.0 Å². The summed E-state index contributed by atoms with van der Waals surface area (Å²) in [6.07, 6.45) is 1.90. The smallest absolute Gasteiger partial charge is 0.413 e. The number of carbonyl (C=O) groups is 1. The van der Waals surface area contributed by atoms with Crippen molar-refractivity contribution >= 4 is 6.09 Å². The van der Waals surface area contributed by atoms with Gasteiger partial charge in [0.2, 0.25) is 0 Å². The highest BCUT2D eigenvalue weighted by Gasteiger charge is 2.62. The Kier molecular flexibility index (Phi) is 3.62. The molecule has 0 radical (unpaired) electrons. The molecule has 0 aromatic rings. The first-order chi connectivity index (χ1) is 9.34. The molecule has 0 aromatic heterocycles. The molecule has 2 aliphatic heterocycles. The highest BCUT2D eigenvalue weighted by Crippen LogP contribution is 2.43. The minimum Gasteiger partial charge on any atom is -0.438 e. The van der Waals surface area contributed by atoms with E-state index in [9.17, 15) is 9.90 Å². The third-order valence-corrected chi connectivity index (χ3v) is 5.32. The number of hydrogen-bond acceptors (Lipinski definition) is 3. The largest absolute Gasteiger partial charge is 0.438 e. The Bertz CT molecular complexity index is 429. The second kappa shape index (κ2) is 4.59. The summed E-state index contributed by atoms with van der Waals surface area (Å²) in [5.41, 5.74) is -2.05. The van der Waals surface area contributed by atoms with Crippen molar-refractivity contribution in [2.45, 2.75) is 96.2 Å². The summed E-state index contributed by atoms with van der Waals surface area (Å²) in [4.78, 5) is 14.0. The zero-order chi connectivity index (χ0) is 16.3. The molecule has 21 heavy (non-hydrogen) atoms. The average molecular weight is 299 g/mol. The summed E-state index contributed by atoms with van der Waals surface area (Å²) < 4.78 is 5.54. The number of aliphatic hydroxyl groups is 1. The quantitative estimate of drug-likeness (QED) is 0.814. The van der Waals surface area contributed by atoms with Gasteiger partial charge >= 0.3 is 6.09 Å². The Hall–Kier alpha value is -0.810. The van der Waals surface area contributed by atoms with Crippen molar-refractivity contribution < 1.29 is 20.0 Å². The first kappa shape index (κ1) is 16.6. The van der Waals surface area contributed by atoms with Gasteiger partial charge in [-0.05, 0) is 48.0 Å². The average Bonchev–Trinajstić information content (AvgIpc) is 2.40. The lowest BCUT2D eigenvalue weighted by Crippen LogP contribution is -3.06. The van der Waals surface area contributed by atoms with Crippen LogP contribution in [0.3, 0.4) is 0 Å². The number of ether oxygens (including phenoxy) is 1. The Labute approximate surface area is 128 Å². The van der Waals surface area contributed by atoms with Crippen LogP contribution < -0.4 is 5.32 Å². The maximum Gasteiger partial charge on any atom is 0.413 e. The SMILES string of the molecule is CC[C@]1(C)OC(=O)N(C2CC(C)(C)[NH2+]C(C)(C)C2)[C@]1(C)O. The normalized spacial score (nSPS) is 39.4. The van der Waals surface area contributed by atoms with Crippen LogP contribution in [-0.2, 0) is 4.74 Å². The first-order valence-electron chi connectivity index (χ1n) is 7.95. The number of nitrogens with two attached hydrogens (primary N) is 1. The van der Waals surface area contributed by atoms with Gasteiger partial charge in [0.05, 0.1) is 11.1 Å². The lowest BCUT2D eigenvalue weighted by atomic mass is 9.77. The number of nitrogens with zero attached hydrogens (tertiary/aromatic N) is 1. The molecule has 2 rings (SSSR count). The summed E-state index contributed by atoms with van der Waals surface area (Å²) >= 11 is 0. The molecule has 122 valence electrons. The standard InChI is InChI=1S/C16H30N2O3/c1-8-15(6)16(7,20)18(12(19)21-15)11-9-13(2,3)17-14(4,5)10-11/h11,17,20H,8-10H2,1-7H3/p+1/t15-,16+/m0/s1. The maximum absolute atomic E-state index is 12.4. The number of quaternary nitrogens is 1. The lowest BCUT2D eigenvalue weighted by Gasteiger charge is -2.48. The molecule has 0 bridgehead atoms. The van der Waals surface area contributed by atoms with Gasteiger partial charge in [0.25, 0.3) is 0 Å². The number of rotatable bonds is 2. The number of amides is 1. The van der Waals surface area contributed by atoms with E-state index in [1.165, 1.54) is 0 Å². The lowest BCUT2D eigenvalue weighted by molar-refractivity contribution is -0.788. The van der Waals surface area contributed by atoms with E-state index >= 15 is 0 Å². The molecule has 0 aliphatic carbocycles. The van der Waals surface area contributed by atoms with Crippen LogP contribution in [0.15, 0.2) is 0 Å². The molecule has 0 spiro atoms. The molecule has 1 amide bonds. The molecule has 2 atom stereocenters. The number of cyclic esters (lactones) is 1. The molecule has 2 fully saturated rings. The van der Waals surface area contributed by atoms with Crippen molar-refractivity contribution in [2.24, 2.45) is 0 Å². The van der Waals surface area contributed by atoms with Crippen molar-refractivity contribution in [3.63, 3.8) is 0 Å². The molecule has 2 aliphatic rings. The van der Waals surface area contributed by atoms with Gasteiger partial charge in [0.15, 0.2) is 11.3 Å². The van der Waals surface area contributed by atoms with Crippen molar-refractivity contribution in [3.05, 3.63) is 0 Å². The highest BCUT2D eigenvalue weighted by molar-refractivity contribution is 5.72. The van der Waals surface area contributed by atoms with Crippen molar-refractivity contribution in [1.82, 2.24) is 4.90 Å². The highest BCUT2D eigenvalue weighted by atomic mass is 16.6. The van der Waals surface area contributed by atoms with E-state index in [1.807, 2.05) is 13.8 Å². The van der Waals surface area contributed by atoms with E-state index in [0.29, 0.717) is 6.42 Å². The Morgan fingerprint density at radius 1 is 1.19 bits per heavy atom. The summed E-state index contributed by atoms with van der Waals surface area (Å²) in [5.74, 6) is 0. The Balaban J connectivity index is 2.35. The summed E-state index contributed by atoms with van der Waals surface area (Å²) in [5, 5.41) is 13.4. The molecule has 5 nitrogen and oxygen atoms in total. The molecular weight excluding hydrogens is 268 g/mol. The molecule has 0 unspecified atom stereocenters. The Morgan fingerprint density at radius 2 is 1.67 bits per heavy atom. The number of piperidine rings is 1. The molecule has 2 heterocycles. The third-order valence-electron chi connectivity index (χ3n) is 5.32. The van der Waals surface area contributed by atoms with E-state index in [0.717, 1.165) is 12.8 Å². The van der Waals surface area contributed by atoms with Crippen molar-refractivity contribution in [2.75, 3.05) is 0 Å². The fourth-order valence-electron chi connectivity index (χ4n) is 4.33. The van der Waals surface area contributed by atoms with Gasteiger partial charge in [-0.2, -0.15) is 0 Å². The van der Waals surface area contributed by atoms with Gasteiger partial charge in [-0.25, -0.2) is 4.79 Å². The molecule has 5 heteroatoms. The minimum atomic E-state index is -1.27. The van der Waals surface area contributed by atoms with Crippen LogP contribution in [0.2, 0.25) is 0 Å². The van der Waals surface area contributed by atoms with Crippen LogP contribution in [-0.4, -0.2) is 44.5 Å². The fraction of sp³-hybridized carbons (Fsp3) is 0.938. The van der Waals surface area contributed by atoms with Crippen LogP contribution >= 0.6 is 0 Å². The van der Waals surface area contributed by atoms with Gasteiger partial charge in [-0.15, -0.1) is 0 Å². The summed E-state index contributed by atoms with van der Waals surface area (Å²) in [6.45, 7) is 14.2. The predicted molar refractivity (Wildman–Crippen MR) is 80.7 cm³/mol. The predicted octanol–water partition coefficient (Wildman–Crippen LogP) is 1.60. The number of hydrogen-bond donors (Lipinski definition) is 2. The second-order valence-corrected chi connectivity index (χ2v) is 8.53. The first-order valence-corrected chi connectivity index (χ1v) is 7.95. The minimum absolute atomic E-state index is 0.00382. The van der Waals surface area contributed by atoms with E-state index in [4.69, 9.17) is 4.74 Å². The van der Waals surface area contributed by atoms with Gasteiger partial charge in [-0.1, -0.05) is 6.92 Å². The van der Waals surface area contributed by atoms with Gasteiger partial charge < -0.3 is 15.2 Å². The molecule has 0 aromatic carbocycles. The fourth-order valence-corrected chi connectivity index (χ4v) is 4.33. The van der Waals surface area contributed by atoms with Gasteiger partial charge in [0.1, 0.15) is 0 Å². The van der Waals surface area contributed by atoms with Crippen molar-refractivity contribution in [1.29, 1.82) is 0 Å². The van der Waals surface area contributed by atoms with Crippen LogP contribution in [0.1, 0.15) is 67.7 Å². The third kappa shape index (κ3) is 2.66. The Morgan fingerprint density at radius 3 is 2.05 bits per heavy atom. The van der Waals surface area contributed by atoms with Crippen LogP contribution in [0.5, 0.6) is 0 Å². The van der Waals surface area contributed by atoms with Crippen LogP contribution in [0, 0.1) is 0 Å². The zero-order valence-electron chi connectivity index (χ0n) is 14.5. The molecule has 3 N–H and O–H groups in total. The van der Waals surface area contributed by atoms with E-state index < -0.39 is 11.3 Å². The monoisotopic (exact) mass is 299 g/mol. The summed E-state index contributed by atoms with van der Waals surface area (Å²) in [7, 11) is 0. The molecule has 0 saturated carbocycles. The van der Waals surface area contributed by atoms with Gasteiger partial charge in [-0.3, -0.25) is 4.90 Å².